The molecule has 0 atom stereocenters. The number of carbonyl (C=O) groups excluding carboxylic acids is 1. The van der Waals surface area contributed by atoms with Gasteiger partial charge in [0.2, 0.25) is 0 Å². The van der Waals surface area contributed by atoms with Crippen LogP contribution in [0, 0.1) is 6.92 Å². The molecule has 3 N–H and O–H groups in total. The Morgan fingerprint density at radius 1 is 1.48 bits per heavy atom. The minimum absolute atomic E-state index is 0.331. The maximum atomic E-state index is 11.4. The largest absolute Gasteiger partial charge is 0.487 e. The summed E-state index contributed by atoms with van der Waals surface area (Å²) in [5, 5.41) is 2.14. The molecule has 112 valence electrons. The Balaban J connectivity index is 2.11. The highest BCUT2D eigenvalue weighted by atomic mass is 32.1. The lowest BCUT2D eigenvalue weighted by Crippen LogP contribution is -2.29. The lowest BCUT2D eigenvalue weighted by Gasteiger charge is -2.14. The Kier molecular flexibility index (Phi) is 4.93. The van der Waals surface area contributed by atoms with Gasteiger partial charge in [0.05, 0.1) is 5.69 Å². The normalized spacial score (nSPS) is 10.7. The van der Waals surface area contributed by atoms with Gasteiger partial charge in [0.15, 0.2) is 5.01 Å². The molecule has 21 heavy (non-hydrogen) atoms. The first-order chi connectivity index (χ1) is 10.0. The van der Waals surface area contributed by atoms with Gasteiger partial charge in [0, 0.05) is 5.38 Å². The van der Waals surface area contributed by atoms with Crippen molar-refractivity contribution in [3.05, 3.63) is 45.4 Å². The number of hydrazine groups is 1. The third kappa shape index (κ3) is 3.80. The SMILES string of the molecule is Cc1ccc(C(C)C)c(OCc2csc(C(=O)NN)n2)c1. The molecule has 0 saturated heterocycles. The quantitative estimate of drug-likeness (QED) is 0.506. The van der Waals surface area contributed by atoms with Crippen molar-refractivity contribution >= 4 is 17.2 Å². The van der Waals surface area contributed by atoms with E-state index in [0.29, 0.717) is 17.5 Å². The first kappa shape index (κ1) is 15.5. The number of rotatable bonds is 5. The number of ether oxygens (including phenoxy) is 1. The van der Waals surface area contributed by atoms with Crippen LogP contribution in [0.2, 0.25) is 0 Å². The molecular formula is C15H19N3O2S. The van der Waals surface area contributed by atoms with Crippen LogP contribution in [-0.2, 0) is 6.61 Å². The molecule has 0 saturated carbocycles. The fourth-order valence-electron chi connectivity index (χ4n) is 1.93. The van der Waals surface area contributed by atoms with Gasteiger partial charge in [-0.2, -0.15) is 0 Å². The highest BCUT2D eigenvalue weighted by molar-refractivity contribution is 7.11. The second-order valence-electron chi connectivity index (χ2n) is 5.10. The highest BCUT2D eigenvalue weighted by Crippen LogP contribution is 2.28. The van der Waals surface area contributed by atoms with E-state index in [1.165, 1.54) is 11.3 Å². The van der Waals surface area contributed by atoms with Crippen molar-refractivity contribution in [1.29, 1.82) is 0 Å². The number of nitrogen functional groups attached to an aromatic ring is 1. The summed E-state index contributed by atoms with van der Waals surface area (Å²) in [5.41, 5.74) is 5.10. The number of amides is 1. The Hall–Kier alpha value is -1.92. The Morgan fingerprint density at radius 3 is 2.90 bits per heavy atom. The first-order valence-electron chi connectivity index (χ1n) is 6.70. The predicted molar refractivity (Wildman–Crippen MR) is 83.4 cm³/mol. The molecule has 1 amide bonds. The number of aromatic nitrogens is 1. The van der Waals surface area contributed by atoms with E-state index in [0.717, 1.165) is 22.6 Å². The molecule has 0 aliphatic heterocycles. The van der Waals surface area contributed by atoms with Gasteiger partial charge in [-0.3, -0.25) is 10.2 Å². The molecule has 6 heteroatoms. The van der Waals surface area contributed by atoms with Crippen LogP contribution >= 0.6 is 11.3 Å². The molecule has 0 unspecified atom stereocenters. The van der Waals surface area contributed by atoms with E-state index in [9.17, 15) is 4.79 Å². The molecule has 1 aromatic carbocycles. The number of nitrogens with zero attached hydrogens (tertiary/aromatic N) is 1. The summed E-state index contributed by atoms with van der Waals surface area (Å²) in [6.45, 7) is 6.62. The van der Waals surface area contributed by atoms with Gasteiger partial charge in [-0.25, -0.2) is 10.8 Å². The lowest BCUT2D eigenvalue weighted by atomic mass is 10.0. The lowest BCUT2D eigenvalue weighted by molar-refractivity contribution is 0.0953. The minimum Gasteiger partial charge on any atom is -0.487 e. The van der Waals surface area contributed by atoms with Gasteiger partial charge in [-0.15, -0.1) is 11.3 Å². The molecule has 2 rings (SSSR count). The van der Waals surface area contributed by atoms with E-state index in [-0.39, 0.29) is 5.91 Å². The fraction of sp³-hybridized carbons (Fsp3) is 0.333. The monoisotopic (exact) mass is 305 g/mol. The van der Waals surface area contributed by atoms with Gasteiger partial charge in [-0.1, -0.05) is 26.0 Å². The summed E-state index contributed by atoms with van der Waals surface area (Å²) < 4.78 is 5.87. The van der Waals surface area contributed by atoms with Gasteiger partial charge >= 0.3 is 0 Å². The summed E-state index contributed by atoms with van der Waals surface area (Å²) in [5.74, 6) is 5.95. The molecule has 2 aromatic rings. The Bertz CT molecular complexity index is 638. The standard InChI is InChI=1S/C15H19N3O2S/c1-9(2)12-5-4-10(3)6-13(12)20-7-11-8-21-15(17-11)14(19)18-16/h4-6,8-9H,7,16H2,1-3H3,(H,18,19). The highest BCUT2D eigenvalue weighted by Gasteiger charge is 2.12. The molecule has 0 spiro atoms. The summed E-state index contributed by atoms with van der Waals surface area (Å²) >= 11 is 1.25. The number of aryl methyl sites for hydroxylation is 1. The van der Waals surface area contributed by atoms with E-state index >= 15 is 0 Å². The fourth-order valence-corrected chi connectivity index (χ4v) is 2.64. The molecule has 0 fully saturated rings. The number of hydrogen-bond donors (Lipinski definition) is 2. The van der Waals surface area contributed by atoms with E-state index in [2.05, 4.69) is 36.4 Å². The molecule has 1 aromatic heterocycles. The molecule has 0 bridgehead atoms. The van der Waals surface area contributed by atoms with E-state index in [1.54, 1.807) is 5.38 Å². The van der Waals surface area contributed by atoms with Crippen LogP contribution in [0.5, 0.6) is 5.75 Å². The van der Waals surface area contributed by atoms with E-state index in [1.807, 2.05) is 13.0 Å². The van der Waals surface area contributed by atoms with Crippen LogP contribution in [0.4, 0.5) is 0 Å². The van der Waals surface area contributed by atoms with Crippen molar-refractivity contribution in [2.24, 2.45) is 5.84 Å². The second-order valence-corrected chi connectivity index (χ2v) is 5.96. The summed E-state index contributed by atoms with van der Waals surface area (Å²) in [6, 6.07) is 6.19. The van der Waals surface area contributed by atoms with Crippen LogP contribution in [0.3, 0.4) is 0 Å². The molecular weight excluding hydrogens is 286 g/mol. The van der Waals surface area contributed by atoms with Gasteiger partial charge in [0.1, 0.15) is 12.4 Å². The van der Waals surface area contributed by atoms with Crippen LogP contribution < -0.4 is 16.0 Å². The average Bonchev–Trinajstić information content (AvgIpc) is 2.93. The maximum absolute atomic E-state index is 11.4. The first-order valence-corrected chi connectivity index (χ1v) is 7.58. The van der Waals surface area contributed by atoms with Crippen molar-refractivity contribution in [2.75, 3.05) is 0 Å². The molecule has 0 aliphatic rings. The third-order valence-electron chi connectivity index (χ3n) is 3.04. The zero-order chi connectivity index (χ0) is 15.4. The third-order valence-corrected chi connectivity index (χ3v) is 3.93. The number of thiazole rings is 1. The molecule has 1 heterocycles. The van der Waals surface area contributed by atoms with E-state index < -0.39 is 0 Å². The zero-order valence-corrected chi connectivity index (χ0v) is 13.2. The van der Waals surface area contributed by atoms with Crippen molar-refractivity contribution in [1.82, 2.24) is 10.4 Å². The predicted octanol–water partition coefficient (Wildman–Crippen LogP) is 2.76. The van der Waals surface area contributed by atoms with Crippen molar-refractivity contribution in [2.45, 2.75) is 33.3 Å². The second kappa shape index (κ2) is 6.69. The number of hydrogen-bond acceptors (Lipinski definition) is 5. The van der Waals surface area contributed by atoms with Crippen LogP contribution in [0.25, 0.3) is 0 Å². The van der Waals surface area contributed by atoms with Crippen molar-refractivity contribution < 1.29 is 9.53 Å². The topological polar surface area (TPSA) is 77.2 Å². The number of benzene rings is 1. The van der Waals surface area contributed by atoms with Crippen LogP contribution in [0.15, 0.2) is 23.6 Å². The number of nitrogens with two attached hydrogens (primary N) is 1. The van der Waals surface area contributed by atoms with E-state index in [4.69, 9.17) is 10.6 Å². The summed E-state index contributed by atoms with van der Waals surface area (Å²) in [4.78, 5) is 15.6. The van der Waals surface area contributed by atoms with Crippen molar-refractivity contribution in [3.63, 3.8) is 0 Å². The summed E-state index contributed by atoms with van der Waals surface area (Å²) in [7, 11) is 0. The molecule has 0 radical (unpaired) electrons. The van der Waals surface area contributed by atoms with Gasteiger partial charge < -0.3 is 4.74 Å². The Morgan fingerprint density at radius 2 is 2.24 bits per heavy atom. The smallest absolute Gasteiger partial charge is 0.294 e. The summed E-state index contributed by atoms with van der Waals surface area (Å²) in [6.07, 6.45) is 0. The Labute approximate surface area is 128 Å². The average molecular weight is 305 g/mol. The number of carbonyl (C=O) groups is 1. The maximum Gasteiger partial charge on any atom is 0.294 e. The minimum atomic E-state index is -0.385. The van der Waals surface area contributed by atoms with Crippen LogP contribution in [0.1, 0.15) is 46.4 Å². The molecule has 0 aliphatic carbocycles. The number of nitrogens with one attached hydrogen (secondary N) is 1. The molecule has 5 nitrogen and oxygen atoms in total. The zero-order valence-electron chi connectivity index (χ0n) is 12.3. The van der Waals surface area contributed by atoms with Crippen molar-refractivity contribution in [3.8, 4) is 5.75 Å². The van der Waals surface area contributed by atoms with Gasteiger partial charge in [-0.05, 0) is 30.0 Å². The van der Waals surface area contributed by atoms with Crippen LogP contribution in [-0.4, -0.2) is 10.9 Å². The van der Waals surface area contributed by atoms with Gasteiger partial charge in [0.25, 0.3) is 5.91 Å².